The normalized spacial score (nSPS) is 18.3. The lowest BCUT2D eigenvalue weighted by atomic mass is 9.80. The van der Waals surface area contributed by atoms with Crippen LogP contribution in [-0.4, -0.2) is 16.5 Å². The molecule has 4 heteroatoms. The number of nitrogens with zero attached hydrogens (tertiary/aromatic N) is 2. The Morgan fingerprint density at radius 1 is 1.17 bits per heavy atom. The zero-order valence-electron chi connectivity index (χ0n) is 12.7. The van der Waals surface area contributed by atoms with Gasteiger partial charge >= 0.3 is 0 Å². The molecule has 2 aliphatic carbocycles. The molecule has 1 aromatic carbocycles. The molecule has 3 aromatic rings. The van der Waals surface area contributed by atoms with Crippen molar-refractivity contribution in [2.24, 2.45) is 0 Å². The van der Waals surface area contributed by atoms with Crippen molar-refractivity contribution < 1.29 is 0 Å². The molecule has 2 heterocycles. The third kappa shape index (κ3) is 2.01. The van der Waals surface area contributed by atoms with Crippen molar-refractivity contribution in [3.05, 3.63) is 58.7 Å². The van der Waals surface area contributed by atoms with E-state index in [1.165, 1.54) is 39.8 Å². The van der Waals surface area contributed by atoms with Gasteiger partial charge in [0.1, 0.15) is 17.0 Å². The molecule has 0 saturated heterocycles. The first-order chi connectivity index (χ1) is 11.4. The third-order valence-electron chi connectivity index (χ3n) is 4.86. The highest BCUT2D eigenvalue weighted by atomic mass is 32.1. The fourth-order valence-electron chi connectivity index (χ4n) is 3.76. The lowest BCUT2D eigenvalue weighted by Gasteiger charge is -2.26. The van der Waals surface area contributed by atoms with E-state index in [-0.39, 0.29) is 0 Å². The number of benzene rings is 1. The minimum absolute atomic E-state index is 0.682. The van der Waals surface area contributed by atoms with Gasteiger partial charge in [-0.05, 0) is 30.4 Å². The van der Waals surface area contributed by atoms with Crippen LogP contribution in [0.15, 0.2) is 42.7 Å². The fourth-order valence-corrected chi connectivity index (χ4v) is 5.08. The summed E-state index contributed by atoms with van der Waals surface area (Å²) >= 11 is 1.85. The van der Waals surface area contributed by atoms with E-state index in [1.54, 1.807) is 6.33 Å². The second-order valence-electron chi connectivity index (χ2n) is 6.20. The number of aromatic nitrogens is 2. The Hall–Kier alpha value is -2.20. The van der Waals surface area contributed by atoms with E-state index >= 15 is 0 Å². The summed E-state index contributed by atoms with van der Waals surface area (Å²) in [6, 6.07) is 10.6. The lowest BCUT2D eigenvalue weighted by molar-refractivity contribution is 0.797. The van der Waals surface area contributed by atoms with E-state index in [2.05, 4.69) is 51.7 Å². The Balaban J connectivity index is 1.45. The van der Waals surface area contributed by atoms with Crippen molar-refractivity contribution in [2.45, 2.75) is 25.2 Å². The molecule has 0 spiro atoms. The van der Waals surface area contributed by atoms with Gasteiger partial charge in [-0.3, -0.25) is 0 Å². The Kier molecular flexibility index (Phi) is 2.98. The van der Waals surface area contributed by atoms with Gasteiger partial charge in [0, 0.05) is 22.9 Å². The number of rotatable bonds is 4. The molecule has 1 atom stereocenters. The number of allylic oxidation sites excluding steroid dienone is 2. The highest BCUT2D eigenvalue weighted by Gasteiger charge is 2.39. The molecule has 0 fully saturated rings. The van der Waals surface area contributed by atoms with Gasteiger partial charge in [-0.1, -0.05) is 36.4 Å². The Labute approximate surface area is 139 Å². The molecule has 0 bridgehead atoms. The van der Waals surface area contributed by atoms with Gasteiger partial charge in [-0.15, -0.1) is 11.3 Å². The molecule has 3 nitrogen and oxygen atoms in total. The molecule has 1 unspecified atom stereocenters. The summed E-state index contributed by atoms with van der Waals surface area (Å²) in [5, 5.41) is 4.77. The summed E-state index contributed by atoms with van der Waals surface area (Å²) in [5.41, 5.74) is 4.31. The van der Waals surface area contributed by atoms with Gasteiger partial charge in [0.15, 0.2) is 0 Å². The SMILES string of the molecule is C1=C2c3c(sc4ncnc(NCCc5ccccc5)c34)C2CC1. The molecule has 23 heavy (non-hydrogen) atoms. The maximum atomic E-state index is 4.52. The number of nitrogens with one attached hydrogen (secondary N) is 1. The molecule has 5 rings (SSSR count). The summed E-state index contributed by atoms with van der Waals surface area (Å²) in [6.45, 7) is 0.892. The molecular weight excluding hydrogens is 302 g/mol. The van der Waals surface area contributed by atoms with Gasteiger partial charge in [0.25, 0.3) is 0 Å². The van der Waals surface area contributed by atoms with Crippen LogP contribution in [0.2, 0.25) is 0 Å². The van der Waals surface area contributed by atoms with Crippen LogP contribution < -0.4 is 5.32 Å². The second-order valence-corrected chi connectivity index (χ2v) is 7.23. The average molecular weight is 319 g/mol. The first-order valence-corrected chi connectivity index (χ1v) is 8.99. The van der Waals surface area contributed by atoms with Crippen LogP contribution in [0.4, 0.5) is 5.82 Å². The topological polar surface area (TPSA) is 37.8 Å². The van der Waals surface area contributed by atoms with Crippen LogP contribution in [0.1, 0.15) is 34.8 Å². The summed E-state index contributed by atoms with van der Waals surface area (Å²) in [6.07, 6.45) is 7.59. The van der Waals surface area contributed by atoms with Crippen LogP contribution in [0.3, 0.4) is 0 Å². The van der Waals surface area contributed by atoms with Crippen molar-refractivity contribution in [1.29, 1.82) is 0 Å². The molecule has 0 aliphatic heterocycles. The fraction of sp³-hybridized carbons (Fsp3) is 0.263. The molecular formula is C19H17N3S. The van der Waals surface area contributed by atoms with E-state index in [0.29, 0.717) is 5.92 Å². The molecule has 0 saturated carbocycles. The van der Waals surface area contributed by atoms with E-state index in [9.17, 15) is 0 Å². The van der Waals surface area contributed by atoms with Crippen molar-refractivity contribution in [3.8, 4) is 0 Å². The van der Waals surface area contributed by atoms with E-state index in [1.807, 2.05) is 11.3 Å². The van der Waals surface area contributed by atoms with Crippen molar-refractivity contribution in [2.75, 3.05) is 11.9 Å². The molecule has 2 aliphatic rings. The summed E-state index contributed by atoms with van der Waals surface area (Å²) in [4.78, 5) is 11.7. The quantitative estimate of drug-likeness (QED) is 0.762. The number of anilines is 1. The summed E-state index contributed by atoms with van der Waals surface area (Å²) in [5.74, 6) is 1.68. The predicted octanol–water partition coefficient (Wildman–Crippen LogP) is 4.62. The smallest absolute Gasteiger partial charge is 0.138 e. The molecule has 2 aromatic heterocycles. The van der Waals surface area contributed by atoms with Gasteiger partial charge in [0.05, 0.1) is 5.39 Å². The maximum Gasteiger partial charge on any atom is 0.138 e. The Bertz CT molecular complexity index is 911. The molecule has 114 valence electrons. The van der Waals surface area contributed by atoms with Crippen LogP contribution in [0.25, 0.3) is 15.8 Å². The number of hydrogen-bond acceptors (Lipinski definition) is 4. The van der Waals surface area contributed by atoms with Crippen LogP contribution in [0.5, 0.6) is 0 Å². The number of hydrogen-bond donors (Lipinski definition) is 1. The first-order valence-electron chi connectivity index (χ1n) is 8.17. The van der Waals surface area contributed by atoms with E-state index in [4.69, 9.17) is 0 Å². The highest BCUT2D eigenvalue weighted by Crippen LogP contribution is 2.59. The number of fused-ring (bicyclic) bond motifs is 6. The standard InChI is InChI=1S/C19H17N3S/c1-2-5-12(6-3-1)9-10-20-18-16-15-13-7-4-8-14(13)17(15)23-19(16)22-11-21-18/h1-3,5-7,11,14H,4,8-10H2,(H,20,21,22). The van der Waals surface area contributed by atoms with Crippen molar-refractivity contribution >= 4 is 32.9 Å². The van der Waals surface area contributed by atoms with Crippen LogP contribution in [-0.2, 0) is 6.42 Å². The first kappa shape index (κ1) is 13.3. The molecule has 1 N–H and O–H groups in total. The van der Waals surface area contributed by atoms with Gasteiger partial charge in [-0.2, -0.15) is 0 Å². The molecule has 0 radical (unpaired) electrons. The van der Waals surface area contributed by atoms with Gasteiger partial charge < -0.3 is 5.32 Å². The zero-order valence-corrected chi connectivity index (χ0v) is 13.6. The largest absolute Gasteiger partial charge is 0.369 e. The van der Waals surface area contributed by atoms with E-state index < -0.39 is 0 Å². The lowest BCUT2D eigenvalue weighted by Crippen LogP contribution is -2.11. The van der Waals surface area contributed by atoms with Gasteiger partial charge in [-0.25, -0.2) is 9.97 Å². The Morgan fingerprint density at radius 2 is 2.09 bits per heavy atom. The predicted molar refractivity (Wildman–Crippen MR) is 96.0 cm³/mol. The van der Waals surface area contributed by atoms with Crippen molar-refractivity contribution in [3.63, 3.8) is 0 Å². The minimum atomic E-state index is 0.682. The average Bonchev–Trinajstić information content (AvgIpc) is 3.13. The zero-order chi connectivity index (χ0) is 15.2. The number of thiophene rings is 1. The van der Waals surface area contributed by atoms with Crippen LogP contribution >= 0.6 is 11.3 Å². The Morgan fingerprint density at radius 3 is 3.00 bits per heavy atom. The van der Waals surface area contributed by atoms with E-state index in [0.717, 1.165) is 23.6 Å². The third-order valence-corrected chi connectivity index (χ3v) is 6.08. The maximum absolute atomic E-state index is 4.52. The second kappa shape index (κ2) is 5.17. The monoisotopic (exact) mass is 319 g/mol. The van der Waals surface area contributed by atoms with Crippen molar-refractivity contribution in [1.82, 2.24) is 9.97 Å². The highest BCUT2D eigenvalue weighted by molar-refractivity contribution is 7.19. The van der Waals surface area contributed by atoms with Crippen LogP contribution in [0, 0.1) is 0 Å². The summed E-state index contributed by atoms with van der Waals surface area (Å²) < 4.78 is 0. The van der Waals surface area contributed by atoms with Gasteiger partial charge in [0.2, 0.25) is 0 Å². The minimum Gasteiger partial charge on any atom is -0.369 e. The molecule has 0 amide bonds. The summed E-state index contributed by atoms with van der Waals surface area (Å²) in [7, 11) is 0.